The van der Waals surface area contributed by atoms with Gasteiger partial charge in [0.15, 0.2) is 5.82 Å². The van der Waals surface area contributed by atoms with Crippen molar-refractivity contribution >= 4 is 11.9 Å². The van der Waals surface area contributed by atoms with Crippen LogP contribution in [0.25, 0.3) is 0 Å². The zero-order chi connectivity index (χ0) is 10.7. The summed E-state index contributed by atoms with van der Waals surface area (Å²) in [7, 11) is 1.48. The van der Waals surface area contributed by atoms with Gasteiger partial charge in [-0.05, 0) is 0 Å². The molecule has 1 amide bonds. The Labute approximate surface area is 79.8 Å². The SMILES string of the molecule is CC(=O)NCc1nc(C(=O)O)n(C)n1. The number of carboxylic acid groups (broad SMARTS) is 1. The highest BCUT2D eigenvalue weighted by Gasteiger charge is 2.13. The molecule has 2 N–H and O–H groups in total. The second-order valence-electron chi connectivity index (χ2n) is 2.69. The zero-order valence-corrected chi connectivity index (χ0v) is 7.81. The Morgan fingerprint density at radius 3 is 2.64 bits per heavy atom. The first-order valence-electron chi connectivity index (χ1n) is 3.88. The highest BCUT2D eigenvalue weighted by atomic mass is 16.4. The van der Waals surface area contributed by atoms with Crippen molar-refractivity contribution in [2.45, 2.75) is 13.5 Å². The van der Waals surface area contributed by atoms with Crippen molar-refractivity contribution in [1.82, 2.24) is 20.1 Å². The van der Waals surface area contributed by atoms with Gasteiger partial charge in [0.25, 0.3) is 0 Å². The van der Waals surface area contributed by atoms with Crippen molar-refractivity contribution in [3.63, 3.8) is 0 Å². The van der Waals surface area contributed by atoms with E-state index in [1.807, 2.05) is 0 Å². The van der Waals surface area contributed by atoms with Crippen molar-refractivity contribution < 1.29 is 14.7 Å². The lowest BCUT2D eigenvalue weighted by Gasteiger charge is -1.94. The fourth-order valence-corrected chi connectivity index (χ4v) is 0.902. The maximum atomic E-state index is 10.6. The summed E-state index contributed by atoms with van der Waals surface area (Å²) < 4.78 is 1.15. The van der Waals surface area contributed by atoms with Crippen LogP contribution in [0.4, 0.5) is 0 Å². The summed E-state index contributed by atoms with van der Waals surface area (Å²) in [6.07, 6.45) is 0. The first-order chi connectivity index (χ1) is 6.50. The van der Waals surface area contributed by atoms with E-state index < -0.39 is 5.97 Å². The van der Waals surface area contributed by atoms with E-state index in [1.165, 1.54) is 14.0 Å². The first kappa shape index (κ1) is 10.2. The standard InChI is InChI=1S/C7H10N4O3/c1-4(12)8-3-5-9-6(7(13)14)11(2)10-5/h3H2,1-2H3,(H,8,12)(H,13,14). The number of hydrogen-bond donors (Lipinski definition) is 2. The van der Waals surface area contributed by atoms with Gasteiger partial charge < -0.3 is 10.4 Å². The minimum absolute atomic E-state index is 0.135. The minimum atomic E-state index is -1.14. The number of aromatic carboxylic acids is 1. The van der Waals surface area contributed by atoms with Crippen LogP contribution < -0.4 is 5.32 Å². The van der Waals surface area contributed by atoms with Gasteiger partial charge in [0.1, 0.15) is 0 Å². The fraction of sp³-hybridized carbons (Fsp3) is 0.429. The van der Waals surface area contributed by atoms with Crippen LogP contribution in [-0.2, 0) is 18.4 Å². The lowest BCUT2D eigenvalue weighted by atomic mass is 10.5. The predicted octanol–water partition coefficient (Wildman–Crippen LogP) is -0.851. The van der Waals surface area contributed by atoms with Crippen LogP contribution in [0.3, 0.4) is 0 Å². The van der Waals surface area contributed by atoms with Crippen molar-refractivity contribution in [3.8, 4) is 0 Å². The van der Waals surface area contributed by atoms with Gasteiger partial charge in [-0.2, -0.15) is 5.10 Å². The molecule has 0 aromatic carbocycles. The second kappa shape index (κ2) is 3.86. The molecule has 0 radical (unpaired) electrons. The third-order valence-corrected chi connectivity index (χ3v) is 1.49. The predicted molar refractivity (Wildman–Crippen MR) is 45.5 cm³/mol. The second-order valence-corrected chi connectivity index (χ2v) is 2.69. The van der Waals surface area contributed by atoms with Crippen LogP contribution in [0.2, 0.25) is 0 Å². The molecule has 7 nitrogen and oxygen atoms in total. The molecule has 1 aromatic rings. The average molecular weight is 198 g/mol. The Morgan fingerprint density at radius 2 is 2.21 bits per heavy atom. The molecule has 76 valence electrons. The highest BCUT2D eigenvalue weighted by Crippen LogP contribution is 1.96. The number of amides is 1. The molecular formula is C7H10N4O3. The Morgan fingerprint density at radius 1 is 1.57 bits per heavy atom. The van der Waals surface area contributed by atoms with E-state index >= 15 is 0 Å². The summed E-state index contributed by atoms with van der Waals surface area (Å²) in [5, 5.41) is 14.9. The molecule has 0 aliphatic heterocycles. The summed E-state index contributed by atoms with van der Waals surface area (Å²) >= 11 is 0. The summed E-state index contributed by atoms with van der Waals surface area (Å²) in [6, 6.07) is 0. The van der Waals surface area contributed by atoms with E-state index in [0.29, 0.717) is 0 Å². The summed E-state index contributed by atoms with van der Waals surface area (Å²) in [4.78, 5) is 24.8. The van der Waals surface area contributed by atoms with Gasteiger partial charge in [0.2, 0.25) is 11.7 Å². The van der Waals surface area contributed by atoms with Crippen LogP contribution >= 0.6 is 0 Å². The fourth-order valence-electron chi connectivity index (χ4n) is 0.902. The molecule has 0 spiro atoms. The molecule has 0 aliphatic rings. The average Bonchev–Trinajstić information content (AvgIpc) is 2.43. The third-order valence-electron chi connectivity index (χ3n) is 1.49. The van der Waals surface area contributed by atoms with E-state index in [0.717, 1.165) is 4.68 Å². The normalized spacial score (nSPS) is 9.86. The minimum Gasteiger partial charge on any atom is -0.475 e. The number of carbonyl (C=O) groups excluding carboxylic acids is 1. The number of aryl methyl sites for hydroxylation is 1. The number of carbonyl (C=O) groups is 2. The Balaban J connectivity index is 2.76. The van der Waals surface area contributed by atoms with Crippen LogP contribution in [0.1, 0.15) is 23.4 Å². The summed E-state index contributed by atoms with van der Waals surface area (Å²) in [6.45, 7) is 1.50. The highest BCUT2D eigenvalue weighted by molar-refractivity contribution is 5.83. The quantitative estimate of drug-likeness (QED) is 0.659. The molecule has 1 rings (SSSR count). The summed E-state index contributed by atoms with van der Waals surface area (Å²) in [5.41, 5.74) is 0. The molecule has 1 aromatic heterocycles. The third kappa shape index (κ3) is 2.28. The van der Waals surface area contributed by atoms with E-state index in [2.05, 4.69) is 15.4 Å². The van der Waals surface area contributed by atoms with Crippen molar-refractivity contribution in [2.75, 3.05) is 0 Å². The molecular weight excluding hydrogens is 188 g/mol. The smallest absolute Gasteiger partial charge is 0.373 e. The molecule has 0 atom stereocenters. The van der Waals surface area contributed by atoms with Crippen LogP contribution in [-0.4, -0.2) is 31.7 Å². The Bertz CT molecular complexity index is 371. The Hall–Kier alpha value is -1.92. The van der Waals surface area contributed by atoms with Gasteiger partial charge in [0, 0.05) is 14.0 Å². The lowest BCUT2D eigenvalue weighted by molar-refractivity contribution is -0.119. The van der Waals surface area contributed by atoms with Crippen molar-refractivity contribution in [3.05, 3.63) is 11.6 Å². The van der Waals surface area contributed by atoms with Crippen molar-refractivity contribution in [1.29, 1.82) is 0 Å². The molecule has 0 fully saturated rings. The number of carboxylic acids is 1. The van der Waals surface area contributed by atoms with E-state index in [4.69, 9.17) is 5.11 Å². The van der Waals surface area contributed by atoms with E-state index in [1.54, 1.807) is 0 Å². The van der Waals surface area contributed by atoms with Gasteiger partial charge in [-0.3, -0.25) is 4.79 Å². The molecule has 0 saturated heterocycles. The number of nitrogens with one attached hydrogen (secondary N) is 1. The van der Waals surface area contributed by atoms with Crippen LogP contribution in [0.15, 0.2) is 0 Å². The Kier molecular flexibility index (Phi) is 2.80. The van der Waals surface area contributed by atoms with Gasteiger partial charge in [-0.25, -0.2) is 14.5 Å². The maximum absolute atomic E-state index is 10.6. The number of rotatable bonds is 3. The molecule has 0 aliphatic carbocycles. The van der Waals surface area contributed by atoms with Gasteiger partial charge in [-0.15, -0.1) is 0 Å². The largest absolute Gasteiger partial charge is 0.475 e. The lowest BCUT2D eigenvalue weighted by Crippen LogP contribution is -2.19. The van der Waals surface area contributed by atoms with E-state index in [9.17, 15) is 9.59 Å². The van der Waals surface area contributed by atoms with Gasteiger partial charge in [0.05, 0.1) is 6.54 Å². The number of nitrogens with zero attached hydrogens (tertiary/aromatic N) is 3. The summed E-state index contributed by atoms with van der Waals surface area (Å²) in [5.74, 6) is -1.23. The van der Waals surface area contributed by atoms with Gasteiger partial charge in [-0.1, -0.05) is 0 Å². The molecule has 7 heteroatoms. The molecule has 0 bridgehead atoms. The van der Waals surface area contributed by atoms with Gasteiger partial charge >= 0.3 is 5.97 Å². The monoisotopic (exact) mass is 198 g/mol. The topological polar surface area (TPSA) is 97.1 Å². The maximum Gasteiger partial charge on any atom is 0.373 e. The molecule has 0 saturated carbocycles. The molecule has 14 heavy (non-hydrogen) atoms. The number of aromatic nitrogens is 3. The van der Waals surface area contributed by atoms with Crippen LogP contribution in [0, 0.1) is 0 Å². The molecule has 0 unspecified atom stereocenters. The van der Waals surface area contributed by atoms with Crippen LogP contribution in [0.5, 0.6) is 0 Å². The number of hydrogen-bond acceptors (Lipinski definition) is 4. The van der Waals surface area contributed by atoms with E-state index in [-0.39, 0.29) is 24.1 Å². The first-order valence-corrected chi connectivity index (χ1v) is 3.88. The molecule has 1 heterocycles. The van der Waals surface area contributed by atoms with Crippen molar-refractivity contribution in [2.24, 2.45) is 7.05 Å². The zero-order valence-electron chi connectivity index (χ0n) is 7.81.